The first-order chi connectivity index (χ1) is 14.6. The molecule has 2 aromatic rings. The Labute approximate surface area is 187 Å². The number of carbonyl (C=O) groups is 2. The fourth-order valence-electron chi connectivity index (χ4n) is 3.36. The highest BCUT2D eigenvalue weighted by atomic mass is 35.5. The number of para-hydroxylation sites is 2. The van der Waals surface area contributed by atoms with Crippen LogP contribution in [0.15, 0.2) is 42.5 Å². The van der Waals surface area contributed by atoms with Gasteiger partial charge < -0.3 is 15.5 Å². The van der Waals surface area contributed by atoms with Gasteiger partial charge in [-0.1, -0.05) is 35.3 Å². The minimum atomic E-state index is -4.38. The standard InChI is InChI=1S/C21H20Cl2F3N3O2/c22-15-8-7-13(10-16(15)23)20(31)29-9-3-4-14(11-29)19(30)28-18-6-2-1-5-17(18)27-12-21(24,25)26/h1-2,5-8,10,14,27H,3-4,9,11-12H2,(H,28,30). The predicted octanol–water partition coefficient (Wildman–Crippen LogP) is 5.46. The minimum Gasteiger partial charge on any atom is -0.375 e. The van der Waals surface area contributed by atoms with Crippen molar-refractivity contribution in [2.45, 2.75) is 19.0 Å². The molecule has 1 fully saturated rings. The van der Waals surface area contributed by atoms with E-state index in [0.29, 0.717) is 30.0 Å². The average Bonchev–Trinajstić information content (AvgIpc) is 2.74. The Kier molecular flexibility index (Phi) is 7.33. The van der Waals surface area contributed by atoms with Crippen LogP contribution in [0.1, 0.15) is 23.2 Å². The molecule has 1 unspecified atom stereocenters. The summed E-state index contributed by atoms with van der Waals surface area (Å²) in [5.41, 5.74) is 0.801. The Balaban J connectivity index is 1.66. The summed E-state index contributed by atoms with van der Waals surface area (Å²) >= 11 is 11.9. The molecule has 0 saturated carbocycles. The first-order valence-corrected chi connectivity index (χ1v) is 10.3. The van der Waals surface area contributed by atoms with Crippen LogP contribution in [-0.2, 0) is 4.79 Å². The Bertz CT molecular complexity index is 969. The number of amides is 2. The van der Waals surface area contributed by atoms with Crippen molar-refractivity contribution < 1.29 is 22.8 Å². The minimum absolute atomic E-state index is 0.174. The molecule has 2 amide bonds. The van der Waals surface area contributed by atoms with Gasteiger partial charge in [0, 0.05) is 18.7 Å². The highest BCUT2D eigenvalue weighted by Gasteiger charge is 2.30. The number of alkyl halides is 3. The number of likely N-dealkylation sites (tertiary alicyclic amines) is 1. The van der Waals surface area contributed by atoms with E-state index in [9.17, 15) is 22.8 Å². The van der Waals surface area contributed by atoms with Gasteiger partial charge in [0.2, 0.25) is 5.91 Å². The largest absolute Gasteiger partial charge is 0.405 e. The summed E-state index contributed by atoms with van der Waals surface area (Å²) in [6.45, 7) is -0.523. The molecule has 1 aliphatic rings. The van der Waals surface area contributed by atoms with E-state index in [0.717, 1.165) is 0 Å². The van der Waals surface area contributed by atoms with E-state index >= 15 is 0 Å². The van der Waals surface area contributed by atoms with E-state index in [1.54, 1.807) is 23.1 Å². The fourth-order valence-corrected chi connectivity index (χ4v) is 3.66. The van der Waals surface area contributed by atoms with Crippen molar-refractivity contribution in [3.05, 3.63) is 58.1 Å². The molecule has 0 spiro atoms. The number of hydrogen-bond donors (Lipinski definition) is 2. The molecule has 1 heterocycles. The molecule has 0 bridgehead atoms. The second-order valence-corrected chi connectivity index (χ2v) is 8.04. The van der Waals surface area contributed by atoms with E-state index in [1.165, 1.54) is 24.3 Å². The average molecular weight is 474 g/mol. The highest BCUT2D eigenvalue weighted by molar-refractivity contribution is 6.42. The van der Waals surface area contributed by atoms with Crippen LogP contribution in [0.4, 0.5) is 24.5 Å². The van der Waals surface area contributed by atoms with Crippen molar-refractivity contribution in [3.63, 3.8) is 0 Å². The zero-order valence-corrected chi connectivity index (χ0v) is 17.8. The molecule has 0 aliphatic carbocycles. The molecule has 0 radical (unpaired) electrons. The molecule has 0 aromatic heterocycles. The molecule has 1 saturated heterocycles. The SMILES string of the molecule is O=C(Nc1ccccc1NCC(F)(F)F)C1CCCN(C(=O)c2ccc(Cl)c(Cl)c2)C1. The predicted molar refractivity (Wildman–Crippen MR) is 115 cm³/mol. The van der Waals surface area contributed by atoms with Crippen molar-refractivity contribution in [1.29, 1.82) is 0 Å². The molecule has 31 heavy (non-hydrogen) atoms. The molecule has 5 nitrogen and oxygen atoms in total. The van der Waals surface area contributed by atoms with Crippen LogP contribution < -0.4 is 10.6 Å². The lowest BCUT2D eigenvalue weighted by molar-refractivity contribution is -0.121. The lowest BCUT2D eigenvalue weighted by atomic mass is 9.96. The Morgan fingerprint density at radius 1 is 1.06 bits per heavy atom. The number of hydrogen-bond acceptors (Lipinski definition) is 3. The highest BCUT2D eigenvalue weighted by Crippen LogP contribution is 2.27. The van der Waals surface area contributed by atoms with Gasteiger partial charge in [-0.05, 0) is 43.2 Å². The third kappa shape index (κ3) is 6.27. The Hall–Kier alpha value is -2.45. The van der Waals surface area contributed by atoms with Gasteiger partial charge in [-0.3, -0.25) is 9.59 Å². The molecule has 2 aromatic carbocycles. The molecule has 166 valence electrons. The van der Waals surface area contributed by atoms with Gasteiger partial charge in [-0.15, -0.1) is 0 Å². The number of anilines is 2. The van der Waals surface area contributed by atoms with Crippen molar-refractivity contribution in [2.24, 2.45) is 5.92 Å². The van der Waals surface area contributed by atoms with Gasteiger partial charge in [-0.2, -0.15) is 13.2 Å². The maximum absolute atomic E-state index is 12.8. The molecule has 2 N–H and O–H groups in total. The summed E-state index contributed by atoms with van der Waals surface area (Å²) in [4.78, 5) is 27.2. The number of carbonyl (C=O) groups excluding carboxylic acids is 2. The molecule has 1 aliphatic heterocycles. The third-order valence-electron chi connectivity index (χ3n) is 4.91. The summed E-state index contributed by atoms with van der Waals surface area (Å²) in [6.07, 6.45) is -3.19. The summed E-state index contributed by atoms with van der Waals surface area (Å²) in [5.74, 6) is -1.10. The van der Waals surface area contributed by atoms with Crippen LogP contribution in [0.25, 0.3) is 0 Å². The van der Waals surface area contributed by atoms with Crippen molar-refractivity contribution >= 4 is 46.4 Å². The number of piperidine rings is 1. The number of rotatable bonds is 5. The van der Waals surface area contributed by atoms with Crippen molar-refractivity contribution in [1.82, 2.24) is 4.90 Å². The summed E-state index contributed by atoms with van der Waals surface area (Å²) in [7, 11) is 0. The Morgan fingerprint density at radius 2 is 1.77 bits per heavy atom. The lowest BCUT2D eigenvalue weighted by Crippen LogP contribution is -2.43. The third-order valence-corrected chi connectivity index (χ3v) is 5.65. The van der Waals surface area contributed by atoms with Gasteiger partial charge in [0.05, 0.1) is 27.3 Å². The normalized spacial score (nSPS) is 16.7. The molecule has 10 heteroatoms. The Morgan fingerprint density at radius 3 is 2.45 bits per heavy atom. The van der Waals surface area contributed by atoms with Crippen LogP contribution in [-0.4, -0.2) is 42.5 Å². The monoisotopic (exact) mass is 473 g/mol. The molecular weight excluding hydrogens is 454 g/mol. The zero-order valence-electron chi connectivity index (χ0n) is 16.3. The number of benzene rings is 2. The van der Waals surface area contributed by atoms with Gasteiger partial charge in [0.15, 0.2) is 0 Å². The smallest absolute Gasteiger partial charge is 0.375 e. The van der Waals surface area contributed by atoms with E-state index < -0.39 is 18.6 Å². The van der Waals surface area contributed by atoms with Gasteiger partial charge in [0.25, 0.3) is 5.91 Å². The number of nitrogens with zero attached hydrogens (tertiary/aromatic N) is 1. The lowest BCUT2D eigenvalue weighted by Gasteiger charge is -2.32. The number of nitrogens with one attached hydrogen (secondary N) is 2. The maximum atomic E-state index is 12.8. The van der Waals surface area contributed by atoms with Crippen LogP contribution in [0.3, 0.4) is 0 Å². The zero-order chi connectivity index (χ0) is 22.6. The van der Waals surface area contributed by atoms with E-state index in [-0.39, 0.29) is 34.8 Å². The molecule has 3 rings (SSSR count). The summed E-state index contributed by atoms with van der Waals surface area (Å²) in [5, 5.41) is 5.58. The van der Waals surface area contributed by atoms with Crippen molar-refractivity contribution in [3.8, 4) is 0 Å². The van der Waals surface area contributed by atoms with E-state index in [2.05, 4.69) is 10.6 Å². The number of halogens is 5. The van der Waals surface area contributed by atoms with Crippen molar-refractivity contribution in [2.75, 3.05) is 30.3 Å². The fraction of sp³-hybridized carbons (Fsp3) is 0.333. The van der Waals surface area contributed by atoms with Gasteiger partial charge in [0.1, 0.15) is 6.54 Å². The second kappa shape index (κ2) is 9.78. The quantitative estimate of drug-likeness (QED) is 0.605. The second-order valence-electron chi connectivity index (χ2n) is 7.22. The van der Waals surface area contributed by atoms with E-state index in [1.807, 2.05) is 0 Å². The van der Waals surface area contributed by atoms with Crippen LogP contribution >= 0.6 is 23.2 Å². The van der Waals surface area contributed by atoms with Gasteiger partial charge >= 0.3 is 6.18 Å². The van der Waals surface area contributed by atoms with Crippen LogP contribution in [0, 0.1) is 5.92 Å². The van der Waals surface area contributed by atoms with Crippen LogP contribution in [0.5, 0.6) is 0 Å². The molecule has 1 atom stereocenters. The maximum Gasteiger partial charge on any atom is 0.405 e. The van der Waals surface area contributed by atoms with Gasteiger partial charge in [-0.25, -0.2) is 0 Å². The van der Waals surface area contributed by atoms with E-state index in [4.69, 9.17) is 23.2 Å². The molecular formula is C21H20Cl2F3N3O2. The van der Waals surface area contributed by atoms with Crippen LogP contribution in [0.2, 0.25) is 10.0 Å². The topological polar surface area (TPSA) is 61.4 Å². The summed E-state index contributed by atoms with van der Waals surface area (Å²) < 4.78 is 37.6. The first kappa shape index (κ1) is 23.2. The first-order valence-electron chi connectivity index (χ1n) is 9.59. The summed E-state index contributed by atoms with van der Waals surface area (Å²) in [6, 6.07) is 10.8.